The lowest BCUT2D eigenvalue weighted by atomic mass is 10.1. The largest absolute Gasteiger partial charge is 0.378 e. The van der Waals surface area contributed by atoms with Crippen LogP contribution < -0.4 is 5.56 Å². The number of carbonyl (C=O) groups excluding carboxylic acids is 1. The Labute approximate surface area is 196 Å². The Morgan fingerprint density at radius 2 is 1.94 bits per heavy atom. The molecule has 0 saturated carbocycles. The van der Waals surface area contributed by atoms with E-state index in [0.717, 1.165) is 32.9 Å². The molecule has 0 N–H and O–H groups in total. The highest BCUT2D eigenvalue weighted by molar-refractivity contribution is 8.00. The number of fused-ring (bicyclic) bond motifs is 1. The van der Waals surface area contributed by atoms with Crippen LogP contribution in [0.4, 0.5) is 0 Å². The molecule has 1 aliphatic rings. The molecule has 1 amide bonds. The number of aromatic nitrogens is 2. The van der Waals surface area contributed by atoms with Gasteiger partial charge in [-0.05, 0) is 62.9 Å². The smallest absolute Gasteiger partial charge is 0.267 e. The number of thioether (sulfide) groups is 1. The van der Waals surface area contributed by atoms with Crippen LogP contribution in [-0.2, 0) is 16.0 Å². The molecule has 6 nitrogen and oxygen atoms in total. The van der Waals surface area contributed by atoms with Crippen LogP contribution in [0, 0.1) is 20.8 Å². The third kappa shape index (κ3) is 4.23. The molecule has 0 radical (unpaired) electrons. The maximum absolute atomic E-state index is 13.8. The van der Waals surface area contributed by atoms with Gasteiger partial charge in [0.25, 0.3) is 5.56 Å². The van der Waals surface area contributed by atoms with Crippen LogP contribution in [0.5, 0.6) is 0 Å². The fourth-order valence-corrected chi connectivity index (χ4v) is 6.21. The van der Waals surface area contributed by atoms with E-state index in [4.69, 9.17) is 9.72 Å². The lowest BCUT2D eigenvalue weighted by Crippen LogP contribution is -2.44. The van der Waals surface area contributed by atoms with Crippen molar-refractivity contribution in [2.45, 2.75) is 51.4 Å². The van der Waals surface area contributed by atoms with Gasteiger partial charge in [-0.15, -0.1) is 11.3 Å². The lowest BCUT2D eigenvalue weighted by molar-refractivity contribution is -0.134. The molecule has 8 heteroatoms. The van der Waals surface area contributed by atoms with Gasteiger partial charge in [-0.1, -0.05) is 24.8 Å². The minimum absolute atomic E-state index is 0.0517. The van der Waals surface area contributed by atoms with Gasteiger partial charge in [0.15, 0.2) is 5.16 Å². The van der Waals surface area contributed by atoms with E-state index in [2.05, 4.69) is 13.8 Å². The summed E-state index contributed by atoms with van der Waals surface area (Å²) in [6, 6.07) is 6.01. The van der Waals surface area contributed by atoms with E-state index >= 15 is 0 Å². The number of thiophene rings is 1. The Hall–Kier alpha value is -2.16. The molecule has 1 aliphatic heterocycles. The number of benzene rings is 1. The number of rotatable bonds is 5. The summed E-state index contributed by atoms with van der Waals surface area (Å²) in [7, 11) is 0. The summed E-state index contributed by atoms with van der Waals surface area (Å²) in [6.07, 6.45) is 0.786. The van der Waals surface area contributed by atoms with E-state index in [-0.39, 0.29) is 16.7 Å². The van der Waals surface area contributed by atoms with E-state index in [1.807, 2.05) is 43.9 Å². The van der Waals surface area contributed by atoms with Crippen molar-refractivity contribution in [2.24, 2.45) is 0 Å². The monoisotopic (exact) mass is 471 g/mol. The van der Waals surface area contributed by atoms with E-state index in [1.54, 1.807) is 15.9 Å². The predicted molar refractivity (Wildman–Crippen MR) is 132 cm³/mol. The zero-order chi connectivity index (χ0) is 23.0. The van der Waals surface area contributed by atoms with Gasteiger partial charge in [-0.3, -0.25) is 14.2 Å². The summed E-state index contributed by atoms with van der Waals surface area (Å²) in [5, 5.41) is 0.899. The molecular formula is C24H29N3O3S2. The summed E-state index contributed by atoms with van der Waals surface area (Å²) in [5.74, 6) is 0.0517. The summed E-state index contributed by atoms with van der Waals surface area (Å²) in [5.41, 5.74) is 4.07. The standard InChI is InChI=1S/C24H29N3O3S2/c1-6-19-16(4)31-21-20(19)23(29)27(18-8-7-14(2)15(3)13-18)24(25-21)32-17(5)22(28)26-9-11-30-12-10-26/h7-8,13,17H,6,9-12H2,1-5H3. The number of hydrogen-bond donors (Lipinski definition) is 0. The van der Waals surface area contributed by atoms with Crippen LogP contribution in [-0.4, -0.2) is 51.9 Å². The van der Waals surface area contributed by atoms with Crippen molar-refractivity contribution < 1.29 is 9.53 Å². The van der Waals surface area contributed by atoms with Gasteiger partial charge < -0.3 is 9.64 Å². The zero-order valence-corrected chi connectivity index (χ0v) is 20.9. The highest BCUT2D eigenvalue weighted by Crippen LogP contribution is 2.32. The highest BCUT2D eigenvalue weighted by atomic mass is 32.2. The Morgan fingerprint density at radius 1 is 1.22 bits per heavy atom. The molecule has 4 rings (SSSR count). The van der Waals surface area contributed by atoms with E-state index in [9.17, 15) is 9.59 Å². The Morgan fingerprint density at radius 3 is 2.59 bits per heavy atom. The summed E-state index contributed by atoms with van der Waals surface area (Å²) in [4.78, 5) is 35.5. The number of morpholine rings is 1. The molecule has 0 bridgehead atoms. The normalized spacial score (nSPS) is 15.3. The fraction of sp³-hybridized carbons (Fsp3) is 0.458. The summed E-state index contributed by atoms with van der Waals surface area (Å²) < 4.78 is 7.06. The molecule has 1 unspecified atom stereocenters. The third-order valence-corrected chi connectivity index (χ3v) is 8.13. The molecule has 170 valence electrons. The first-order chi connectivity index (χ1) is 15.3. The molecule has 2 aromatic heterocycles. The molecule has 32 heavy (non-hydrogen) atoms. The number of ether oxygens (including phenoxy) is 1. The zero-order valence-electron chi connectivity index (χ0n) is 19.2. The van der Waals surface area contributed by atoms with Crippen LogP contribution in [0.3, 0.4) is 0 Å². The average Bonchev–Trinajstić information content (AvgIpc) is 3.11. The topological polar surface area (TPSA) is 64.4 Å². The first-order valence-electron chi connectivity index (χ1n) is 11.0. The molecule has 1 fully saturated rings. The van der Waals surface area contributed by atoms with Crippen molar-refractivity contribution in [1.82, 2.24) is 14.5 Å². The van der Waals surface area contributed by atoms with Gasteiger partial charge in [0, 0.05) is 18.0 Å². The van der Waals surface area contributed by atoms with E-state index in [0.29, 0.717) is 36.8 Å². The van der Waals surface area contributed by atoms with Crippen LogP contribution >= 0.6 is 23.1 Å². The van der Waals surface area contributed by atoms with Crippen molar-refractivity contribution in [1.29, 1.82) is 0 Å². The van der Waals surface area contributed by atoms with Crippen LogP contribution in [0.1, 0.15) is 35.4 Å². The van der Waals surface area contributed by atoms with Crippen molar-refractivity contribution >= 4 is 39.2 Å². The molecule has 1 aromatic carbocycles. The summed E-state index contributed by atoms with van der Waals surface area (Å²) in [6.45, 7) is 12.4. The van der Waals surface area contributed by atoms with E-state index in [1.165, 1.54) is 17.3 Å². The molecule has 0 aliphatic carbocycles. The van der Waals surface area contributed by atoms with Gasteiger partial charge in [0.1, 0.15) is 4.83 Å². The van der Waals surface area contributed by atoms with Gasteiger partial charge in [-0.2, -0.15) is 0 Å². The third-order valence-electron chi connectivity index (χ3n) is 6.05. The second-order valence-electron chi connectivity index (χ2n) is 8.17. The maximum Gasteiger partial charge on any atom is 0.267 e. The van der Waals surface area contributed by atoms with Crippen LogP contribution in [0.25, 0.3) is 15.9 Å². The SMILES string of the molecule is CCc1c(C)sc2nc(SC(C)C(=O)N3CCOCC3)n(-c3ccc(C)c(C)c3)c(=O)c12. The number of hydrogen-bond acceptors (Lipinski definition) is 6. The number of amides is 1. The predicted octanol–water partition coefficient (Wildman–Crippen LogP) is 4.27. The Bertz CT molecular complexity index is 1230. The number of nitrogens with zero attached hydrogens (tertiary/aromatic N) is 3. The van der Waals surface area contributed by atoms with Crippen molar-refractivity contribution in [2.75, 3.05) is 26.3 Å². The Kier molecular flexibility index (Phi) is 6.74. The second-order valence-corrected chi connectivity index (χ2v) is 10.7. The fourth-order valence-electron chi connectivity index (χ4n) is 4.04. The minimum Gasteiger partial charge on any atom is -0.378 e. The Balaban J connectivity index is 1.83. The number of aryl methyl sites for hydroxylation is 4. The molecule has 0 spiro atoms. The van der Waals surface area contributed by atoms with Crippen molar-refractivity contribution in [3.05, 3.63) is 50.1 Å². The summed E-state index contributed by atoms with van der Waals surface area (Å²) >= 11 is 2.91. The first-order valence-corrected chi connectivity index (χ1v) is 12.7. The second kappa shape index (κ2) is 9.37. The molecule has 3 heterocycles. The van der Waals surface area contributed by atoms with Gasteiger partial charge >= 0.3 is 0 Å². The molecular weight excluding hydrogens is 442 g/mol. The van der Waals surface area contributed by atoms with Crippen molar-refractivity contribution in [3.63, 3.8) is 0 Å². The molecule has 3 aromatic rings. The molecule has 1 saturated heterocycles. The minimum atomic E-state index is -0.359. The van der Waals surface area contributed by atoms with Gasteiger partial charge in [-0.25, -0.2) is 4.98 Å². The van der Waals surface area contributed by atoms with Crippen LogP contribution in [0.2, 0.25) is 0 Å². The van der Waals surface area contributed by atoms with Crippen molar-refractivity contribution in [3.8, 4) is 5.69 Å². The number of carbonyl (C=O) groups is 1. The molecule has 1 atom stereocenters. The van der Waals surface area contributed by atoms with Gasteiger partial charge in [0.2, 0.25) is 5.91 Å². The quantitative estimate of drug-likeness (QED) is 0.411. The highest BCUT2D eigenvalue weighted by Gasteiger charge is 2.26. The average molecular weight is 472 g/mol. The van der Waals surface area contributed by atoms with Gasteiger partial charge in [0.05, 0.1) is 29.5 Å². The maximum atomic E-state index is 13.8. The van der Waals surface area contributed by atoms with E-state index < -0.39 is 0 Å². The van der Waals surface area contributed by atoms with Crippen LogP contribution in [0.15, 0.2) is 28.2 Å². The first kappa shape index (κ1) is 23.0. The lowest BCUT2D eigenvalue weighted by Gasteiger charge is -2.29.